The minimum Gasteiger partial charge on any atom is -0.350 e. The number of nitrogens with one attached hydrogen (secondary N) is 2. The van der Waals surface area contributed by atoms with Gasteiger partial charge in [0.15, 0.2) is 0 Å². The molecule has 0 saturated heterocycles. The number of fused-ring (bicyclic) bond motifs is 1. The molecule has 0 unspecified atom stereocenters. The van der Waals surface area contributed by atoms with E-state index >= 15 is 0 Å². The lowest BCUT2D eigenvalue weighted by Crippen LogP contribution is -2.17. The molecule has 0 bridgehead atoms. The molecule has 2 aromatic heterocycles. The van der Waals surface area contributed by atoms with Crippen molar-refractivity contribution in [1.29, 1.82) is 0 Å². The molecule has 1 aromatic carbocycles. The first-order valence-corrected chi connectivity index (χ1v) is 7.87. The van der Waals surface area contributed by atoms with Crippen LogP contribution in [0.2, 0.25) is 0 Å². The van der Waals surface area contributed by atoms with E-state index in [0.717, 1.165) is 27.1 Å². The second kappa shape index (κ2) is 5.14. The van der Waals surface area contributed by atoms with Crippen LogP contribution in [-0.2, 0) is 6.54 Å². The highest BCUT2D eigenvalue weighted by Gasteiger charge is 2.20. The van der Waals surface area contributed by atoms with Gasteiger partial charge in [-0.3, -0.25) is 0 Å². The smallest absolute Gasteiger partial charge is 0.201 e. The first-order chi connectivity index (χ1) is 10.3. The molecule has 108 valence electrons. The predicted molar refractivity (Wildman–Crippen MR) is 84.0 cm³/mol. The number of halogens is 1. The Balaban J connectivity index is 1.46. The predicted octanol–water partition coefficient (Wildman–Crippen LogP) is 3.25. The van der Waals surface area contributed by atoms with Gasteiger partial charge in [0.05, 0.1) is 29.8 Å². The number of benzene rings is 1. The first-order valence-electron chi connectivity index (χ1n) is 7.08. The normalized spacial score (nSPS) is 15.3. The van der Waals surface area contributed by atoms with E-state index < -0.39 is 0 Å². The maximum atomic E-state index is 4.50. The van der Waals surface area contributed by atoms with Gasteiger partial charge in [0.25, 0.3) is 0 Å². The largest absolute Gasteiger partial charge is 0.350 e. The van der Waals surface area contributed by atoms with Gasteiger partial charge in [0, 0.05) is 4.47 Å². The van der Waals surface area contributed by atoms with E-state index in [9.17, 15) is 0 Å². The molecule has 7 heteroatoms. The van der Waals surface area contributed by atoms with Crippen LogP contribution in [0.5, 0.6) is 0 Å². The summed E-state index contributed by atoms with van der Waals surface area (Å²) in [6.45, 7) is 0.619. The van der Waals surface area contributed by atoms with E-state index in [2.05, 4.69) is 41.5 Å². The number of hydrogen-bond donors (Lipinski definition) is 2. The van der Waals surface area contributed by atoms with Gasteiger partial charge in [0.1, 0.15) is 5.69 Å². The Hall–Kier alpha value is -1.89. The molecule has 2 N–H and O–H groups in total. The van der Waals surface area contributed by atoms with E-state index in [-0.39, 0.29) is 0 Å². The molecule has 1 fully saturated rings. The van der Waals surface area contributed by atoms with Crippen LogP contribution in [0.4, 0.5) is 5.95 Å². The van der Waals surface area contributed by atoms with Gasteiger partial charge in [-0.2, -0.15) is 0 Å². The molecular weight excluding hydrogens is 332 g/mol. The van der Waals surface area contributed by atoms with Crippen LogP contribution in [0.3, 0.4) is 0 Å². The molecular formula is C14H15BrN6. The fraction of sp³-hybridized carbons (Fsp3) is 0.357. The highest BCUT2D eigenvalue weighted by Crippen LogP contribution is 2.30. The molecule has 2 heterocycles. The third-order valence-electron chi connectivity index (χ3n) is 3.89. The van der Waals surface area contributed by atoms with Gasteiger partial charge < -0.3 is 10.3 Å². The van der Waals surface area contributed by atoms with Crippen molar-refractivity contribution in [2.24, 2.45) is 0 Å². The van der Waals surface area contributed by atoms with E-state index in [0.29, 0.717) is 12.6 Å². The Morgan fingerprint density at radius 2 is 2.29 bits per heavy atom. The molecule has 21 heavy (non-hydrogen) atoms. The Morgan fingerprint density at radius 3 is 3.10 bits per heavy atom. The van der Waals surface area contributed by atoms with Gasteiger partial charge >= 0.3 is 0 Å². The Labute approximate surface area is 130 Å². The number of anilines is 1. The minimum absolute atomic E-state index is 0.551. The summed E-state index contributed by atoms with van der Waals surface area (Å²) in [6, 6.07) is 6.53. The number of H-pyrrole nitrogens is 1. The summed E-state index contributed by atoms with van der Waals surface area (Å²) in [4.78, 5) is 7.75. The van der Waals surface area contributed by atoms with Gasteiger partial charge in [0.2, 0.25) is 5.95 Å². The molecule has 0 aliphatic heterocycles. The Kier molecular flexibility index (Phi) is 3.14. The number of hydrogen-bond acceptors (Lipinski definition) is 4. The zero-order valence-electron chi connectivity index (χ0n) is 11.4. The fourth-order valence-corrected chi connectivity index (χ4v) is 2.83. The summed E-state index contributed by atoms with van der Waals surface area (Å²) in [5.41, 5.74) is 2.88. The number of nitrogens with zero attached hydrogens (tertiary/aromatic N) is 4. The number of aromatic nitrogens is 5. The lowest BCUT2D eigenvalue weighted by molar-refractivity contribution is 0.284. The van der Waals surface area contributed by atoms with Crippen molar-refractivity contribution in [3.63, 3.8) is 0 Å². The van der Waals surface area contributed by atoms with Crippen molar-refractivity contribution in [3.8, 4) is 0 Å². The Morgan fingerprint density at radius 1 is 1.38 bits per heavy atom. The van der Waals surface area contributed by atoms with E-state index in [1.165, 1.54) is 19.3 Å². The van der Waals surface area contributed by atoms with Crippen LogP contribution in [0.25, 0.3) is 11.0 Å². The number of rotatable bonds is 4. The van der Waals surface area contributed by atoms with Crippen LogP contribution in [0, 0.1) is 0 Å². The third-order valence-corrected chi connectivity index (χ3v) is 4.38. The summed E-state index contributed by atoms with van der Waals surface area (Å²) in [5, 5.41) is 11.7. The van der Waals surface area contributed by atoms with E-state index in [1.807, 2.05) is 29.1 Å². The quantitative estimate of drug-likeness (QED) is 0.760. The van der Waals surface area contributed by atoms with Crippen LogP contribution in [-0.4, -0.2) is 25.0 Å². The molecule has 6 nitrogen and oxygen atoms in total. The van der Waals surface area contributed by atoms with Gasteiger partial charge in [-0.1, -0.05) is 21.1 Å². The highest BCUT2D eigenvalue weighted by molar-refractivity contribution is 9.10. The number of imidazole rings is 1. The molecule has 0 spiro atoms. The molecule has 3 aromatic rings. The van der Waals surface area contributed by atoms with Crippen molar-refractivity contribution in [1.82, 2.24) is 25.0 Å². The van der Waals surface area contributed by atoms with E-state index in [4.69, 9.17) is 0 Å². The van der Waals surface area contributed by atoms with Crippen molar-refractivity contribution < 1.29 is 0 Å². The lowest BCUT2D eigenvalue weighted by Gasteiger charge is -2.24. The van der Waals surface area contributed by atoms with Gasteiger partial charge in [-0.25, -0.2) is 9.67 Å². The highest BCUT2D eigenvalue weighted by atomic mass is 79.9. The van der Waals surface area contributed by atoms with Crippen LogP contribution in [0.15, 0.2) is 28.9 Å². The standard InChI is InChI=1S/C14H15BrN6/c15-9-4-5-12-13(6-9)18-14(17-12)16-7-10-8-21(20-19-10)11-2-1-3-11/h4-6,8,11H,1-3,7H2,(H2,16,17,18). The van der Waals surface area contributed by atoms with Crippen LogP contribution in [0.1, 0.15) is 31.0 Å². The molecule has 1 saturated carbocycles. The van der Waals surface area contributed by atoms with Crippen LogP contribution < -0.4 is 5.32 Å². The molecule has 4 rings (SSSR count). The molecule has 0 atom stereocenters. The summed E-state index contributed by atoms with van der Waals surface area (Å²) >= 11 is 3.46. The molecule has 1 aliphatic carbocycles. The SMILES string of the molecule is Brc1ccc2nc(NCc3cn(C4CCC4)nn3)[nH]c2c1. The minimum atomic E-state index is 0.551. The Bertz CT molecular complexity index is 773. The van der Waals surface area contributed by atoms with Crippen molar-refractivity contribution in [2.45, 2.75) is 31.8 Å². The molecule has 0 amide bonds. The maximum absolute atomic E-state index is 4.50. The van der Waals surface area contributed by atoms with Crippen molar-refractivity contribution in [3.05, 3.63) is 34.6 Å². The first kappa shape index (κ1) is 12.8. The van der Waals surface area contributed by atoms with Crippen molar-refractivity contribution >= 4 is 32.9 Å². The topological polar surface area (TPSA) is 71.4 Å². The summed E-state index contributed by atoms with van der Waals surface area (Å²) in [5.74, 6) is 0.751. The summed E-state index contributed by atoms with van der Waals surface area (Å²) < 4.78 is 3.02. The van der Waals surface area contributed by atoms with Crippen molar-refractivity contribution in [2.75, 3.05) is 5.32 Å². The van der Waals surface area contributed by atoms with Gasteiger partial charge in [-0.15, -0.1) is 5.10 Å². The maximum Gasteiger partial charge on any atom is 0.201 e. The molecule has 0 radical (unpaired) electrons. The monoisotopic (exact) mass is 346 g/mol. The van der Waals surface area contributed by atoms with Crippen LogP contribution >= 0.6 is 15.9 Å². The average Bonchev–Trinajstić information content (AvgIpc) is 3.00. The lowest BCUT2D eigenvalue weighted by atomic mass is 9.93. The molecule has 1 aliphatic rings. The van der Waals surface area contributed by atoms with E-state index in [1.54, 1.807) is 0 Å². The zero-order chi connectivity index (χ0) is 14.2. The second-order valence-corrected chi connectivity index (χ2v) is 6.29. The average molecular weight is 347 g/mol. The number of aromatic amines is 1. The zero-order valence-corrected chi connectivity index (χ0v) is 13.0. The van der Waals surface area contributed by atoms with Gasteiger partial charge in [-0.05, 0) is 37.5 Å². The third kappa shape index (κ3) is 2.53. The summed E-state index contributed by atoms with van der Waals surface area (Å²) in [6.07, 6.45) is 5.76. The summed E-state index contributed by atoms with van der Waals surface area (Å²) in [7, 11) is 0. The fourth-order valence-electron chi connectivity index (χ4n) is 2.46. The second-order valence-electron chi connectivity index (χ2n) is 5.38.